The molecular weight excluding hydrogens is 228 g/mol. The Morgan fingerprint density at radius 3 is 2.39 bits per heavy atom. The minimum atomic E-state index is -0.0354. The molecule has 5 heteroatoms. The topological polar surface area (TPSA) is 58.1 Å². The Kier molecular flexibility index (Phi) is 4.12. The molecule has 2 heterocycles. The van der Waals surface area contributed by atoms with Gasteiger partial charge in [0.1, 0.15) is 0 Å². The fourth-order valence-electron chi connectivity index (χ4n) is 1.93. The maximum atomic E-state index is 11.5. The predicted octanol–water partition coefficient (Wildman–Crippen LogP) is 2.06. The Morgan fingerprint density at radius 2 is 1.83 bits per heavy atom. The van der Waals surface area contributed by atoms with Gasteiger partial charge in [0.2, 0.25) is 11.9 Å². The number of nitrogens with one attached hydrogen (secondary N) is 1. The van der Waals surface area contributed by atoms with Crippen LogP contribution >= 0.6 is 0 Å². The van der Waals surface area contributed by atoms with Crippen LogP contribution in [0.25, 0.3) is 0 Å². The Balaban J connectivity index is 1.98. The van der Waals surface area contributed by atoms with Gasteiger partial charge in [0.05, 0.1) is 18.1 Å². The monoisotopic (exact) mass is 248 g/mol. The average molecular weight is 248 g/mol. The summed E-state index contributed by atoms with van der Waals surface area (Å²) in [5, 5.41) is 2.79. The maximum absolute atomic E-state index is 11.5. The molecule has 1 aliphatic rings. The second-order valence-corrected chi connectivity index (χ2v) is 4.96. The third kappa shape index (κ3) is 3.18. The zero-order chi connectivity index (χ0) is 13.0. The van der Waals surface area contributed by atoms with Gasteiger partial charge in [-0.05, 0) is 19.3 Å². The first-order valence-corrected chi connectivity index (χ1v) is 6.54. The highest BCUT2D eigenvalue weighted by Crippen LogP contribution is 2.16. The third-order valence-corrected chi connectivity index (χ3v) is 3.07. The summed E-state index contributed by atoms with van der Waals surface area (Å²) in [5.74, 6) is 0.716. The molecule has 0 radical (unpaired) electrons. The maximum Gasteiger partial charge on any atom is 0.227 e. The molecular formula is C13H20N4O. The van der Waals surface area contributed by atoms with Crippen LogP contribution in [-0.4, -0.2) is 29.0 Å². The van der Waals surface area contributed by atoms with Crippen LogP contribution in [0.1, 0.15) is 33.1 Å². The number of anilines is 2. The van der Waals surface area contributed by atoms with Crippen LogP contribution in [-0.2, 0) is 4.79 Å². The fourth-order valence-corrected chi connectivity index (χ4v) is 1.93. The van der Waals surface area contributed by atoms with Gasteiger partial charge < -0.3 is 10.2 Å². The van der Waals surface area contributed by atoms with Crippen LogP contribution < -0.4 is 10.2 Å². The fraction of sp³-hybridized carbons (Fsp3) is 0.615. The summed E-state index contributed by atoms with van der Waals surface area (Å²) >= 11 is 0. The molecule has 1 aromatic heterocycles. The van der Waals surface area contributed by atoms with Gasteiger partial charge in [-0.3, -0.25) is 4.79 Å². The van der Waals surface area contributed by atoms with Crippen LogP contribution in [0.2, 0.25) is 0 Å². The van der Waals surface area contributed by atoms with E-state index in [1.54, 1.807) is 12.4 Å². The Hall–Kier alpha value is -1.65. The van der Waals surface area contributed by atoms with Crippen molar-refractivity contribution in [1.82, 2.24) is 9.97 Å². The van der Waals surface area contributed by atoms with Crippen molar-refractivity contribution < 1.29 is 4.79 Å². The largest absolute Gasteiger partial charge is 0.341 e. The smallest absolute Gasteiger partial charge is 0.227 e. The van der Waals surface area contributed by atoms with Gasteiger partial charge in [0.15, 0.2) is 0 Å². The second kappa shape index (κ2) is 5.80. The SMILES string of the molecule is CC(C)C(=O)Nc1cnc(N2CCCCC2)nc1. The molecule has 5 nitrogen and oxygen atoms in total. The third-order valence-electron chi connectivity index (χ3n) is 3.07. The second-order valence-electron chi connectivity index (χ2n) is 4.96. The summed E-state index contributed by atoms with van der Waals surface area (Å²) in [6.45, 7) is 5.77. The summed E-state index contributed by atoms with van der Waals surface area (Å²) in [4.78, 5) is 22.3. The number of aromatic nitrogens is 2. The number of hydrogen-bond donors (Lipinski definition) is 1. The molecule has 1 aliphatic heterocycles. The minimum Gasteiger partial charge on any atom is -0.341 e. The van der Waals surface area contributed by atoms with Gasteiger partial charge in [0, 0.05) is 19.0 Å². The van der Waals surface area contributed by atoms with E-state index in [4.69, 9.17) is 0 Å². The van der Waals surface area contributed by atoms with Crippen molar-refractivity contribution in [1.29, 1.82) is 0 Å². The van der Waals surface area contributed by atoms with Crippen molar-refractivity contribution in [2.75, 3.05) is 23.3 Å². The molecule has 1 saturated heterocycles. The van der Waals surface area contributed by atoms with Gasteiger partial charge in [-0.1, -0.05) is 13.8 Å². The van der Waals surface area contributed by atoms with E-state index in [9.17, 15) is 4.79 Å². The number of carbonyl (C=O) groups excluding carboxylic acids is 1. The molecule has 98 valence electrons. The lowest BCUT2D eigenvalue weighted by molar-refractivity contribution is -0.118. The first kappa shape index (κ1) is 12.8. The minimum absolute atomic E-state index is 0.00989. The van der Waals surface area contributed by atoms with Crippen molar-refractivity contribution in [3.05, 3.63) is 12.4 Å². The molecule has 0 aromatic carbocycles. The average Bonchev–Trinajstić information content (AvgIpc) is 2.40. The van der Waals surface area contributed by atoms with E-state index in [1.807, 2.05) is 13.8 Å². The van der Waals surface area contributed by atoms with Crippen molar-refractivity contribution in [2.45, 2.75) is 33.1 Å². The number of rotatable bonds is 3. The molecule has 18 heavy (non-hydrogen) atoms. The number of piperidine rings is 1. The summed E-state index contributed by atoms with van der Waals surface area (Å²) in [6, 6.07) is 0. The van der Waals surface area contributed by atoms with Crippen molar-refractivity contribution in [2.24, 2.45) is 5.92 Å². The Bertz CT molecular complexity index is 396. The van der Waals surface area contributed by atoms with Gasteiger partial charge >= 0.3 is 0 Å². The molecule has 1 fully saturated rings. The zero-order valence-corrected chi connectivity index (χ0v) is 11.0. The van der Waals surface area contributed by atoms with E-state index in [2.05, 4.69) is 20.2 Å². The molecule has 1 N–H and O–H groups in total. The molecule has 1 amide bonds. The lowest BCUT2D eigenvalue weighted by Crippen LogP contribution is -2.31. The van der Waals surface area contributed by atoms with E-state index in [1.165, 1.54) is 19.3 Å². The molecule has 0 aliphatic carbocycles. The van der Waals surface area contributed by atoms with E-state index in [0.29, 0.717) is 5.69 Å². The lowest BCUT2D eigenvalue weighted by atomic mass is 10.1. The quantitative estimate of drug-likeness (QED) is 0.889. The highest BCUT2D eigenvalue weighted by atomic mass is 16.1. The molecule has 0 saturated carbocycles. The number of amides is 1. The molecule has 2 rings (SSSR count). The van der Waals surface area contributed by atoms with E-state index in [0.717, 1.165) is 19.0 Å². The Labute approximate surface area is 108 Å². The van der Waals surface area contributed by atoms with Gasteiger partial charge in [-0.2, -0.15) is 0 Å². The zero-order valence-electron chi connectivity index (χ0n) is 11.0. The number of nitrogens with zero attached hydrogens (tertiary/aromatic N) is 3. The Morgan fingerprint density at radius 1 is 1.22 bits per heavy atom. The number of hydrogen-bond acceptors (Lipinski definition) is 4. The van der Waals surface area contributed by atoms with Crippen molar-refractivity contribution >= 4 is 17.5 Å². The highest BCUT2D eigenvalue weighted by molar-refractivity contribution is 5.91. The summed E-state index contributed by atoms with van der Waals surface area (Å²) in [5.41, 5.74) is 0.662. The first-order chi connectivity index (χ1) is 8.66. The van der Waals surface area contributed by atoms with Crippen LogP contribution in [0.3, 0.4) is 0 Å². The summed E-state index contributed by atoms with van der Waals surface area (Å²) in [7, 11) is 0. The van der Waals surface area contributed by atoms with Crippen molar-refractivity contribution in [3.63, 3.8) is 0 Å². The number of carbonyl (C=O) groups is 1. The molecule has 0 atom stereocenters. The van der Waals surface area contributed by atoms with Gasteiger partial charge in [-0.25, -0.2) is 9.97 Å². The first-order valence-electron chi connectivity index (χ1n) is 6.54. The highest BCUT2D eigenvalue weighted by Gasteiger charge is 2.13. The standard InChI is InChI=1S/C13H20N4O/c1-10(2)12(18)16-11-8-14-13(15-9-11)17-6-4-3-5-7-17/h8-10H,3-7H2,1-2H3,(H,16,18). The van der Waals surface area contributed by atoms with Crippen molar-refractivity contribution in [3.8, 4) is 0 Å². The van der Waals surface area contributed by atoms with Crippen LogP contribution in [0.4, 0.5) is 11.6 Å². The lowest BCUT2D eigenvalue weighted by Gasteiger charge is -2.26. The molecule has 1 aromatic rings. The van der Waals surface area contributed by atoms with Crippen LogP contribution in [0, 0.1) is 5.92 Å². The van der Waals surface area contributed by atoms with Crippen LogP contribution in [0.5, 0.6) is 0 Å². The predicted molar refractivity (Wildman–Crippen MR) is 71.6 cm³/mol. The normalized spacial score (nSPS) is 15.8. The van der Waals surface area contributed by atoms with Gasteiger partial charge in [-0.15, -0.1) is 0 Å². The van der Waals surface area contributed by atoms with E-state index >= 15 is 0 Å². The summed E-state index contributed by atoms with van der Waals surface area (Å²) < 4.78 is 0. The van der Waals surface area contributed by atoms with Crippen LogP contribution in [0.15, 0.2) is 12.4 Å². The molecule has 0 spiro atoms. The molecule has 0 bridgehead atoms. The van der Waals surface area contributed by atoms with E-state index < -0.39 is 0 Å². The summed E-state index contributed by atoms with van der Waals surface area (Å²) in [6.07, 6.45) is 7.05. The van der Waals surface area contributed by atoms with Gasteiger partial charge in [0.25, 0.3) is 0 Å². The van der Waals surface area contributed by atoms with E-state index in [-0.39, 0.29) is 11.8 Å². The molecule has 0 unspecified atom stereocenters.